The molecule has 2 aromatic heterocycles. The van der Waals surface area contributed by atoms with Gasteiger partial charge in [-0.25, -0.2) is 4.68 Å². The van der Waals surface area contributed by atoms with Crippen molar-refractivity contribution >= 4 is 51.6 Å². The van der Waals surface area contributed by atoms with Gasteiger partial charge in [0.1, 0.15) is 5.82 Å². The van der Waals surface area contributed by atoms with E-state index in [0.717, 1.165) is 41.0 Å². The van der Waals surface area contributed by atoms with Gasteiger partial charge in [0.25, 0.3) is 0 Å². The van der Waals surface area contributed by atoms with E-state index < -0.39 is 0 Å². The molecule has 2 N–H and O–H groups in total. The Labute approximate surface area is 187 Å². The molecule has 1 fully saturated rings. The van der Waals surface area contributed by atoms with Crippen LogP contribution in [-0.4, -0.2) is 50.9 Å². The lowest BCUT2D eigenvalue weighted by Crippen LogP contribution is -2.18. The minimum Gasteiger partial charge on any atom is -0.376 e. The van der Waals surface area contributed by atoms with Crippen LogP contribution in [0.4, 0.5) is 10.9 Å². The number of nitrogens with zero attached hydrogens (tertiary/aromatic N) is 4. The Morgan fingerprint density at radius 2 is 2.23 bits per heavy atom. The van der Waals surface area contributed by atoms with E-state index >= 15 is 0 Å². The standard InChI is InChI=1S/C19H21ClN6O2S2/c20-15-6-2-1-4-13(15)11-26-16(7-8-22-26)23-17(27)12-29-19-25-24-18(30-19)21-10-14-5-3-9-28-14/h1-2,4,6-8,14H,3,5,9-12H2,(H,21,24)(H,23,27). The highest BCUT2D eigenvalue weighted by Gasteiger charge is 2.16. The highest BCUT2D eigenvalue weighted by molar-refractivity contribution is 8.01. The van der Waals surface area contributed by atoms with Gasteiger partial charge >= 0.3 is 0 Å². The van der Waals surface area contributed by atoms with E-state index in [2.05, 4.69) is 25.9 Å². The van der Waals surface area contributed by atoms with Crippen molar-refractivity contribution < 1.29 is 9.53 Å². The number of nitrogens with one attached hydrogen (secondary N) is 2. The zero-order valence-corrected chi connectivity index (χ0v) is 18.5. The Balaban J connectivity index is 1.25. The summed E-state index contributed by atoms with van der Waals surface area (Å²) in [7, 11) is 0. The number of anilines is 2. The second kappa shape index (κ2) is 10.3. The summed E-state index contributed by atoms with van der Waals surface area (Å²) in [5, 5.41) is 20.1. The van der Waals surface area contributed by atoms with Crippen LogP contribution >= 0.6 is 34.7 Å². The number of carbonyl (C=O) groups is 1. The molecule has 3 heterocycles. The lowest BCUT2D eigenvalue weighted by atomic mass is 10.2. The molecule has 0 aliphatic carbocycles. The number of carbonyl (C=O) groups excluding carboxylic acids is 1. The van der Waals surface area contributed by atoms with E-state index in [0.29, 0.717) is 17.4 Å². The molecular weight excluding hydrogens is 444 g/mol. The Morgan fingerprint density at radius 1 is 1.33 bits per heavy atom. The van der Waals surface area contributed by atoms with Gasteiger partial charge in [0.05, 0.1) is 24.6 Å². The molecule has 158 valence electrons. The summed E-state index contributed by atoms with van der Waals surface area (Å²) < 4.78 is 8.04. The van der Waals surface area contributed by atoms with E-state index in [1.807, 2.05) is 24.3 Å². The normalized spacial score (nSPS) is 16.0. The number of thioether (sulfide) groups is 1. The zero-order valence-electron chi connectivity index (χ0n) is 16.1. The first kappa shape index (κ1) is 21.1. The summed E-state index contributed by atoms with van der Waals surface area (Å²) in [6.07, 6.45) is 4.07. The molecule has 3 aromatic rings. The lowest BCUT2D eigenvalue weighted by Gasteiger charge is -2.10. The molecule has 1 aliphatic rings. The third-order valence-corrected chi connectivity index (χ3v) is 6.88. The van der Waals surface area contributed by atoms with Gasteiger partial charge in [-0.05, 0) is 24.5 Å². The molecule has 8 nitrogen and oxygen atoms in total. The summed E-state index contributed by atoms with van der Waals surface area (Å²) in [5.41, 5.74) is 0.935. The Kier molecular flexibility index (Phi) is 7.21. The van der Waals surface area contributed by atoms with Crippen molar-refractivity contribution in [2.45, 2.75) is 29.8 Å². The van der Waals surface area contributed by atoms with Crippen LogP contribution in [0.15, 0.2) is 40.9 Å². The van der Waals surface area contributed by atoms with Crippen molar-refractivity contribution in [1.29, 1.82) is 0 Å². The molecular formula is C19H21ClN6O2S2. The van der Waals surface area contributed by atoms with Gasteiger partial charge in [0, 0.05) is 24.2 Å². The van der Waals surface area contributed by atoms with Crippen molar-refractivity contribution in [3.05, 3.63) is 47.1 Å². The third-order valence-electron chi connectivity index (χ3n) is 4.50. The first-order chi connectivity index (χ1) is 14.7. The molecule has 0 radical (unpaired) electrons. The smallest absolute Gasteiger partial charge is 0.235 e. The second-order valence-electron chi connectivity index (χ2n) is 6.69. The quantitative estimate of drug-likeness (QED) is 0.465. The lowest BCUT2D eigenvalue weighted by molar-refractivity contribution is -0.113. The maximum absolute atomic E-state index is 12.4. The minimum atomic E-state index is -0.134. The van der Waals surface area contributed by atoms with Crippen LogP contribution in [0.5, 0.6) is 0 Å². The zero-order chi connectivity index (χ0) is 20.8. The highest BCUT2D eigenvalue weighted by Crippen LogP contribution is 2.26. The number of ether oxygens (including phenoxy) is 1. The first-order valence-corrected chi connectivity index (χ1v) is 11.7. The topological polar surface area (TPSA) is 94.0 Å². The first-order valence-electron chi connectivity index (χ1n) is 9.54. The largest absolute Gasteiger partial charge is 0.376 e. The Morgan fingerprint density at radius 3 is 3.07 bits per heavy atom. The molecule has 1 aromatic carbocycles. The maximum atomic E-state index is 12.4. The number of halogens is 1. The highest BCUT2D eigenvalue weighted by atomic mass is 35.5. The number of amides is 1. The van der Waals surface area contributed by atoms with Gasteiger partial charge in [0.15, 0.2) is 4.34 Å². The molecule has 4 rings (SSSR count). The average molecular weight is 465 g/mol. The number of benzene rings is 1. The molecule has 0 saturated carbocycles. The van der Waals surface area contributed by atoms with Crippen molar-refractivity contribution in [2.75, 3.05) is 29.5 Å². The predicted molar refractivity (Wildman–Crippen MR) is 120 cm³/mol. The Hall–Kier alpha value is -2.14. The number of hydrogen-bond donors (Lipinski definition) is 2. The molecule has 1 aliphatic heterocycles. The van der Waals surface area contributed by atoms with Gasteiger partial charge < -0.3 is 15.4 Å². The summed E-state index contributed by atoms with van der Waals surface area (Å²) >= 11 is 9.01. The molecule has 0 spiro atoms. The van der Waals surface area contributed by atoms with Gasteiger partial charge in [0.2, 0.25) is 11.0 Å². The van der Waals surface area contributed by atoms with Crippen LogP contribution < -0.4 is 10.6 Å². The number of rotatable bonds is 9. The number of hydrogen-bond acceptors (Lipinski definition) is 8. The fraction of sp³-hybridized carbons (Fsp3) is 0.368. The molecule has 0 bridgehead atoms. The summed E-state index contributed by atoms with van der Waals surface area (Å²) in [6, 6.07) is 9.33. The monoisotopic (exact) mass is 464 g/mol. The van der Waals surface area contributed by atoms with Crippen LogP contribution in [0.3, 0.4) is 0 Å². The summed E-state index contributed by atoms with van der Waals surface area (Å²) in [5.74, 6) is 0.721. The van der Waals surface area contributed by atoms with Gasteiger partial charge in [-0.2, -0.15) is 5.10 Å². The van der Waals surface area contributed by atoms with Gasteiger partial charge in [-0.1, -0.05) is 52.9 Å². The fourth-order valence-electron chi connectivity index (χ4n) is 3.01. The molecule has 1 saturated heterocycles. The van der Waals surface area contributed by atoms with Crippen LogP contribution in [0, 0.1) is 0 Å². The molecule has 11 heteroatoms. The molecule has 30 heavy (non-hydrogen) atoms. The molecule has 1 atom stereocenters. The minimum absolute atomic E-state index is 0.134. The summed E-state index contributed by atoms with van der Waals surface area (Å²) in [6.45, 7) is 2.04. The summed E-state index contributed by atoms with van der Waals surface area (Å²) in [4.78, 5) is 12.4. The van der Waals surface area contributed by atoms with Crippen molar-refractivity contribution in [2.24, 2.45) is 0 Å². The third kappa shape index (κ3) is 5.72. The average Bonchev–Trinajstić information content (AvgIpc) is 3.49. The van der Waals surface area contributed by atoms with Crippen molar-refractivity contribution in [3.63, 3.8) is 0 Å². The van der Waals surface area contributed by atoms with E-state index in [4.69, 9.17) is 16.3 Å². The Bertz CT molecular complexity index is 989. The van der Waals surface area contributed by atoms with Crippen LogP contribution in [0.25, 0.3) is 0 Å². The van der Waals surface area contributed by atoms with Crippen LogP contribution in [-0.2, 0) is 16.1 Å². The van der Waals surface area contributed by atoms with Crippen molar-refractivity contribution in [1.82, 2.24) is 20.0 Å². The predicted octanol–water partition coefficient (Wildman–Crippen LogP) is 3.76. The van der Waals surface area contributed by atoms with E-state index in [1.54, 1.807) is 16.9 Å². The van der Waals surface area contributed by atoms with Gasteiger partial charge in [-0.3, -0.25) is 4.79 Å². The molecule has 1 amide bonds. The second-order valence-corrected chi connectivity index (χ2v) is 9.30. The van der Waals surface area contributed by atoms with Crippen LogP contribution in [0.1, 0.15) is 18.4 Å². The van der Waals surface area contributed by atoms with E-state index in [9.17, 15) is 4.79 Å². The fourth-order valence-corrected chi connectivity index (χ4v) is 4.76. The molecule has 1 unspecified atom stereocenters. The maximum Gasteiger partial charge on any atom is 0.235 e. The van der Waals surface area contributed by atoms with Crippen LogP contribution in [0.2, 0.25) is 5.02 Å². The number of aromatic nitrogens is 4. The SMILES string of the molecule is O=C(CSc1nnc(NCC2CCCO2)s1)Nc1ccnn1Cc1ccccc1Cl. The van der Waals surface area contributed by atoms with E-state index in [1.165, 1.54) is 23.1 Å². The van der Waals surface area contributed by atoms with E-state index in [-0.39, 0.29) is 17.8 Å². The van der Waals surface area contributed by atoms with Gasteiger partial charge in [-0.15, -0.1) is 10.2 Å². The van der Waals surface area contributed by atoms with Crippen molar-refractivity contribution in [3.8, 4) is 0 Å².